The van der Waals surface area contributed by atoms with E-state index in [-0.39, 0.29) is 12.3 Å². The van der Waals surface area contributed by atoms with Crippen LogP contribution in [0.4, 0.5) is 0 Å². The molecule has 1 saturated heterocycles. The van der Waals surface area contributed by atoms with Crippen LogP contribution in [0, 0.1) is 0 Å². The van der Waals surface area contributed by atoms with Crippen molar-refractivity contribution in [2.24, 2.45) is 0 Å². The van der Waals surface area contributed by atoms with E-state index < -0.39 is 0 Å². The fourth-order valence-electron chi connectivity index (χ4n) is 4.01. The number of hydrogen-bond donors (Lipinski definition) is 0. The fraction of sp³-hybridized carbons (Fsp3) is 0.913. The highest BCUT2D eigenvalue weighted by Crippen LogP contribution is 2.23. The van der Waals surface area contributed by atoms with Crippen molar-refractivity contribution in [1.29, 1.82) is 0 Å². The molecule has 2 aliphatic rings. The minimum absolute atomic E-state index is 0.0613. The van der Waals surface area contributed by atoms with Crippen molar-refractivity contribution in [3.8, 4) is 0 Å². The van der Waals surface area contributed by atoms with Crippen molar-refractivity contribution < 1.29 is 23.7 Å². The zero-order valence-electron chi connectivity index (χ0n) is 19.3. The average Bonchev–Trinajstić information content (AvgIpc) is 3.20. The SMILES string of the molecule is CCCCCCCCC1COCCOCc2nc(n(C3CCCCO3)n2)COCCO1. The van der Waals surface area contributed by atoms with Gasteiger partial charge in [-0.25, -0.2) is 9.67 Å². The Morgan fingerprint density at radius 2 is 1.65 bits per heavy atom. The molecule has 8 heteroatoms. The third kappa shape index (κ3) is 9.14. The van der Waals surface area contributed by atoms with Crippen molar-refractivity contribution in [1.82, 2.24) is 14.8 Å². The van der Waals surface area contributed by atoms with Crippen LogP contribution < -0.4 is 0 Å². The molecule has 2 aliphatic heterocycles. The Morgan fingerprint density at radius 1 is 0.839 bits per heavy atom. The molecule has 3 rings (SSSR count). The van der Waals surface area contributed by atoms with Crippen LogP contribution in [0.2, 0.25) is 0 Å². The summed E-state index contributed by atoms with van der Waals surface area (Å²) in [7, 11) is 0. The van der Waals surface area contributed by atoms with E-state index in [4.69, 9.17) is 23.7 Å². The van der Waals surface area contributed by atoms with Gasteiger partial charge in [0.1, 0.15) is 13.2 Å². The van der Waals surface area contributed by atoms with Gasteiger partial charge in [0.15, 0.2) is 17.9 Å². The Kier molecular flexibility index (Phi) is 11.8. The van der Waals surface area contributed by atoms with E-state index in [1.807, 2.05) is 4.68 Å². The van der Waals surface area contributed by atoms with E-state index >= 15 is 0 Å². The Morgan fingerprint density at radius 3 is 2.52 bits per heavy atom. The quantitative estimate of drug-likeness (QED) is 0.563. The maximum Gasteiger partial charge on any atom is 0.176 e. The van der Waals surface area contributed by atoms with Crippen LogP contribution in [0.1, 0.15) is 89.0 Å². The number of fused-ring (bicyclic) bond motifs is 2. The lowest BCUT2D eigenvalue weighted by atomic mass is 10.1. The summed E-state index contributed by atoms with van der Waals surface area (Å²) in [4.78, 5) is 4.62. The van der Waals surface area contributed by atoms with Gasteiger partial charge in [-0.2, -0.15) is 5.10 Å². The highest BCUT2D eigenvalue weighted by Gasteiger charge is 2.22. The summed E-state index contributed by atoms with van der Waals surface area (Å²) in [5.41, 5.74) is 0. The zero-order chi connectivity index (χ0) is 21.6. The van der Waals surface area contributed by atoms with Crippen LogP contribution in [0.15, 0.2) is 0 Å². The second-order valence-corrected chi connectivity index (χ2v) is 8.44. The van der Waals surface area contributed by atoms with Gasteiger partial charge in [0.25, 0.3) is 0 Å². The molecule has 0 saturated carbocycles. The normalized spacial score (nSPS) is 24.4. The largest absolute Gasteiger partial charge is 0.376 e. The second kappa shape index (κ2) is 14.9. The summed E-state index contributed by atoms with van der Waals surface area (Å²) < 4.78 is 31.3. The van der Waals surface area contributed by atoms with Crippen molar-refractivity contribution in [2.45, 2.75) is 96.7 Å². The van der Waals surface area contributed by atoms with Gasteiger partial charge in [-0.15, -0.1) is 0 Å². The molecule has 178 valence electrons. The van der Waals surface area contributed by atoms with Crippen LogP contribution in [0.3, 0.4) is 0 Å². The van der Waals surface area contributed by atoms with Crippen LogP contribution in [0.5, 0.6) is 0 Å². The number of unbranched alkanes of at least 4 members (excludes halogenated alkanes) is 5. The third-order valence-electron chi connectivity index (χ3n) is 5.77. The summed E-state index contributed by atoms with van der Waals surface area (Å²) in [5, 5.41) is 4.62. The van der Waals surface area contributed by atoms with Crippen LogP contribution >= 0.6 is 0 Å². The number of aromatic nitrogens is 3. The summed E-state index contributed by atoms with van der Waals surface area (Å²) in [6, 6.07) is 0. The van der Waals surface area contributed by atoms with E-state index in [2.05, 4.69) is 17.0 Å². The topological polar surface area (TPSA) is 76.9 Å². The number of hydrogen-bond acceptors (Lipinski definition) is 7. The lowest BCUT2D eigenvalue weighted by Crippen LogP contribution is -2.24. The van der Waals surface area contributed by atoms with Gasteiger partial charge in [-0.3, -0.25) is 0 Å². The Balaban J connectivity index is 1.47. The molecular formula is C23H41N3O5. The van der Waals surface area contributed by atoms with Gasteiger partial charge in [0.2, 0.25) is 0 Å². The molecule has 1 fully saturated rings. The molecular weight excluding hydrogens is 398 g/mol. The third-order valence-corrected chi connectivity index (χ3v) is 5.77. The fourth-order valence-corrected chi connectivity index (χ4v) is 4.01. The molecule has 0 spiro atoms. The predicted molar refractivity (Wildman–Crippen MR) is 117 cm³/mol. The lowest BCUT2D eigenvalue weighted by Gasteiger charge is -2.23. The van der Waals surface area contributed by atoms with E-state index in [9.17, 15) is 0 Å². The molecule has 3 heterocycles. The monoisotopic (exact) mass is 439 g/mol. The molecule has 0 N–H and O–H groups in total. The molecule has 0 amide bonds. The van der Waals surface area contributed by atoms with Gasteiger partial charge in [-0.05, 0) is 25.7 Å². The average molecular weight is 440 g/mol. The molecule has 2 unspecified atom stereocenters. The van der Waals surface area contributed by atoms with Gasteiger partial charge in [0, 0.05) is 6.61 Å². The first-order valence-corrected chi connectivity index (χ1v) is 12.3. The summed E-state index contributed by atoms with van der Waals surface area (Å²) in [5.74, 6) is 1.46. The number of ether oxygens (including phenoxy) is 5. The summed E-state index contributed by atoms with van der Waals surface area (Å²) >= 11 is 0. The second-order valence-electron chi connectivity index (χ2n) is 8.44. The number of rotatable bonds is 8. The first-order valence-electron chi connectivity index (χ1n) is 12.3. The standard InChI is InChI=1S/C23H41N3O5/c1-2-3-4-5-6-7-10-20-17-27-13-14-28-18-21-24-22(19-29-15-16-30-20)26(25-21)23-11-8-9-12-31-23/h20,23H,2-19H2,1H3. The highest BCUT2D eigenvalue weighted by atomic mass is 16.6. The van der Waals surface area contributed by atoms with Gasteiger partial charge in [0.05, 0.1) is 39.1 Å². The summed E-state index contributed by atoms with van der Waals surface area (Å²) in [6.07, 6.45) is 12.0. The molecule has 31 heavy (non-hydrogen) atoms. The van der Waals surface area contributed by atoms with Crippen molar-refractivity contribution in [3.05, 3.63) is 11.6 Å². The molecule has 2 atom stereocenters. The van der Waals surface area contributed by atoms with Crippen LogP contribution in [-0.4, -0.2) is 60.5 Å². The summed E-state index contributed by atoms with van der Waals surface area (Å²) in [6.45, 7) is 6.54. The van der Waals surface area contributed by atoms with Gasteiger partial charge >= 0.3 is 0 Å². The van der Waals surface area contributed by atoms with Crippen molar-refractivity contribution >= 4 is 0 Å². The molecule has 1 aromatic rings. The van der Waals surface area contributed by atoms with Crippen LogP contribution in [0.25, 0.3) is 0 Å². The smallest absolute Gasteiger partial charge is 0.176 e. The molecule has 0 aliphatic carbocycles. The highest BCUT2D eigenvalue weighted by molar-refractivity contribution is 4.92. The first kappa shape index (κ1) is 24.6. The van der Waals surface area contributed by atoms with E-state index in [0.717, 1.165) is 38.1 Å². The van der Waals surface area contributed by atoms with Gasteiger partial charge in [-0.1, -0.05) is 45.4 Å². The lowest BCUT2D eigenvalue weighted by molar-refractivity contribution is -0.0595. The van der Waals surface area contributed by atoms with Crippen molar-refractivity contribution in [2.75, 3.05) is 39.6 Å². The maximum absolute atomic E-state index is 6.07. The predicted octanol–water partition coefficient (Wildman–Crippen LogP) is 4.18. The molecule has 0 radical (unpaired) electrons. The maximum atomic E-state index is 6.07. The van der Waals surface area contributed by atoms with E-state index in [0.29, 0.717) is 52.1 Å². The van der Waals surface area contributed by atoms with Gasteiger partial charge < -0.3 is 23.7 Å². The number of nitrogens with zero attached hydrogens (tertiary/aromatic N) is 3. The molecule has 1 aromatic heterocycles. The van der Waals surface area contributed by atoms with E-state index in [1.54, 1.807) is 0 Å². The zero-order valence-corrected chi connectivity index (χ0v) is 19.3. The van der Waals surface area contributed by atoms with Crippen LogP contribution in [-0.2, 0) is 36.9 Å². The minimum atomic E-state index is -0.0613. The molecule has 8 nitrogen and oxygen atoms in total. The Bertz CT molecular complexity index is 592. The van der Waals surface area contributed by atoms with Crippen molar-refractivity contribution in [3.63, 3.8) is 0 Å². The Hall–Kier alpha value is -1.06. The molecule has 2 bridgehead atoms. The Labute approximate surface area is 186 Å². The first-order chi connectivity index (χ1) is 15.4. The molecule has 0 aromatic carbocycles. The minimum Gasteiger partial charge on any atom is -0.376 e. The van der Waals surface area contributed by atoms with E-state index in [1.165, 1.54) is 38.5 Å².